The van der Waals surface area contributed by atoms with Crippen molar-refractivity contribution in [3.8, 4) is 5.75 Å². The molecule has 3 aromatic rings. The van der Waals surface area contributed by atoms with Crippen LogP contribution in [0.5, 0.6) is 5.75 Å². The molecule has 0 radical (unpaired) electrons. The van der Waals surface area contributed by atoms with Gasteiger partial charge in [-0.05, 0) is 43.9 Å². The lowest BCUT2D eigenvalue weighted by Crippen LogP contribution is -2.40. The molecule has 2 aromatic heterocycles. The van der Waals surface area contributed by atoms with Gasteiger partial charge in [0, 0.05) is 44.2 Å². The molecule has 1 aromatic carbocycles. The smallest absolute Gasteiger partial charge is 0.258 e. The Morgan fingerprint density at radius 2 is 1.97 bits per heavy atom. The standard InChI is InChI=1S/C24H28N4O4/c1-16-5-4-12-28(24(16)31)15-17-10-13-27(14-11-17)21(29)9-8-20-25-22-18(23(30)26-20)6-3-7-19(22)32-2/h3-7,12,17H,8-11,13-15H2,1-2H3,(H,25,26,30). The normalized spacial score (nSPS) is 14.6. The second kappa shape index (κ2) is 9.38. The molecule has 1 aliphatic heterocycles. The molecule has 1 N–H and O–H groups in total. The fraction of sp³-hybridized carbons (Fsp3) is 0.417. The highest BCUT2D eigenvalue weighted by Gasteiger charge is 2.23. The molecule has 8 nitrogen and oxygen atoms in total. The number of rotatable bonds is 6. The maximum Gasteiger partial charge on any atom is 0.258 e. The number of aryl methyl sites for hydroxylation is 2. The highest BCUT2D eigenvalue weighted by atomic mass is 16.5. The Morgan fingerprint density at radius 3 is 2.72 bits per heavy atom. The van der Waals surface area contributed by atoms with E-state index in [0.717, 1.165) is 18.4 Å². The molecule has 0 saturated carbocycles. The van der Waals surface area contributed by atoms with E-state index in [1.165, 1.54) is 0 Å². The van der Waals surface area contributed by atoms with Crippen LogP contribution in [-0.4, -0.2) is 45.5 Å². The molecule has 0 aliphatic carbocycles. The first kappa shape index (κ1) is 21.8. The van der Waals surface area contributed by atoms with E-state index in [4.69, 9.17) is 4.74 Å². The number of piperidine rings is 1. The number of carbonyl (C=O) groups excluding carboxylic acids is 1. The number of hydrogen-bond acceptors (Lipinski definition) is 5. The Morgan fingerprint density at radius 1 is 1.19 bits per heavy atom. The molecule has 8 heteroatoms. The zero-order valence-electron chi connectivity index (χ0n) is 18.5. The summed E-state index contributed by atoms with van der Waals surface area (Å²) < 4.78 is 7.08. The third-order valence-corrected chi connectivity index (χ3v) is 6.18. The highest BCUT2D eigenvalue weighted by Crippen LogP contribution is 2.22. The molecular weight excluding hydrogens is 408 g/mol. The largest absolute Gasteiger partial charge is 0.494 e. The third kappa shape index (κ3) is 4.59. The van der Waals surface area contributed by atoms with E-state index in [2.05, 4.69) is 9.97 Å². The molecule has 168 valence electrons. The van der Waals surface area contributed by atoms with E-state index in [1.807, 2.05) is 30.2 Å². The number of fused-ring (bicyclic) bond motifs is 1. The zero-order chi connectivity index (χ0) is 22.7. The Hall–Kier alpha value is -3.42. The van der Waals surface area contributed by atoms with Gasteiger partial charge in [-0.25, -0.2) is 4.98 Å². The van der Waals surface area contributed by atoms with Crippen molar-refractivity contribution in [2.45, 2.75) is 39.2 Å². The van der Waals surface area contributed by atoms with Gasteiger partial charge in [-0.2, -0.15) is 0 Å². The Labute approximate surface area is 185 Å². The molecule has 1 amide bonds. The summed E-state index contributed by atoms with van der Waals surface area (Å²) in [6.07, 6.45) is 4.22. The number of benzene rings is 1. The molecular formula is C24H28N4O4. The number of amides is 1. The predicted octanol–water partition coefficient (Wildman–Crippen LogP) is 2.27. The van der Waals surface area contributed by atoms with E-state index < -0.39 is 0 Å². The maximum atomic E-state index is 12.7. The molecule has 1 fully saturated rings. The van der Waals surface area contributed by atoms with Gasteiger partial charge in [0.2, 0.25) is 5.91 Å². The summed E-state index contributed by atoms with van der Waals surface area (Å²) in [5, 5.41) is 0.467. The molecule has 0 spiro atoms. The molecule has 0 atom stereocenters. The first-order valence-corrected chi connectivity index (χ1v) is 11.0. The number of aromatic amines is 1. The van der Waals surface area contributed by atoms with Crippen LogP contribution in [-0.2, 0) is 17.8 Å². The van der Waals surface area contributed by atoms with Crippen molar-refractivity contribution in [3.63, 3.8) is 0 Å². The van der Waals surface area contributed by atoms with Crippen molar-refractivity contribution in [1.29, 1.82) is 0 Å². The fourth-order valence-electron chi connectivity index (χ4n) is 4.29. The SMILES string of the molecule is COc1cccc2c(=O)[nH]c(CCC(=O)N3CCC(Cn4cccc(C)c4=O)CC3)nc12. The van der Waals surface area contributed by atoms with Crippen LogP contribution in [0.15, 0.2) is 46.1 Å². The number of nitrogens with one attached hydrogen (secondary N) is 1. The number of aromatic nitrogens is 3. The van der Waals surface area contributed by atoms with Crippen LogP contribution in [0.3, 0.4) is 0 Å². The summed E-state index contributed by atoms with van der Waals surface area (Å²) in [5.41, 5.74) is 1.08. The lowest BCUT2D eigenvalue weighted by molar-refractivity contribution is -0.132. The van der Waals surface area contributed by atoms with E-state index in [0.29, 0.717) is 54.4 Å². The number of pyridine rings is 1. The van der Waals surface area contributed by atoms with Gasteiger partial charge in [0.25, 0.3) is 11.1 Å². The average molecular weight is 437 g/mol. The minimum Gasteiger partial charge on any atom is -0.494 e. The topological polar surface area (TPSA) is 97.3 Å². The lowest BCUT2D eigenvalue weighted by atomic mass is 9.96. The van der Waals surface area contributed by atoms with Gasteiger partial charge in [0.15, 0.2) is 0 Å². The van der Waals surface area contributed by atoms with Crippen molar-refractivity contribution >= 4 is 16.8 Å². The number of likely N-dealkylation sites (tertiary alicyclic amines) is 1. The van der Waals surface area contributed by atoms with Gasteiger partial charge in [-0.15, -0.1) is 0 Å². The molecule has 0 bridgehead atoms. The van der Waals surface area contributed by atoms with E-state index in [9.17, 15) is 14.4 Å². The minimum absolute atomic E-state index is 0.0546. The van der Waals surface area contributed by atoms with Crippen molar-refractivity contribution in [3.05, 3.63) is 68.6 Å². The minimum atomic E-state index is -0.233. The molecule has 1 aliphatic rings. The third-order valence-electron chi connectivity index (χ3n) is 6.18. The van der Waals surface area contributed by atoms with Crippen LogP contribution >= 0.6 is 0 Å². The van der Waals surface area contributed by atoms with Crippen LogP contribution in [0, 0.1) is 12.8 Å². The molecule has 32 heavy (non-hydrogen) atoms. The Bertz CT molecular complexity index is 1240. The van der Waals surface area contributed by atoms with Crippen LogP contribution in [0.2, 0.25) is 0 Å². The number of nitrogens with zero attached hydrogens (tertiary/aromatic N) is 3. The summed E-state index contributed by atoms with van der Waals surface area (Å²) in [7, 11) is 1.54. The molecule has 0 unspecified atom stereocenters. The van der Waals surface area contributed by atoms with Gasteiger partial charge in [-0.3, -0.25) is 14.4 Å². The highest BCUT2D eigenvalue weighted by molar-refractivity contribution is 5.83. The van der Waals surface area contributed by atoms with Gasteiger partial charge in [0.05, 0.1) is 12.5 Å². The number of para-hydroxylation sites is 1. The second-order valence-electron chi connectivity index (χ2n) is 8.34. The summed E-state index contributed by atoms with van der Waals surface area (Å²) in [4.78, 5) is 46.5. The molecule has 1 saturated heterocycles. The first-order chi connectivity index (χ1) is 15.5. The summed E-state index contributed by atoms with van der Waals surface area (Å²) in [6, 6.07) is 8.94. The van der Waals surface area contributed by atoms with E-state index in [-0.39, 0.29) is 23.4 Å². The number of methoxy groups -OCH3 is 1. The van der Waals surface area contributed by atoms with Gasteiger partial charge >= 0.3 is 0 Å². The Kier molecular flexibility index (Phi) is 6.39. The average Bonchev–Trinajstić information content (AvgIpc) is 2.80. The monoisotopic (exact) mass is 436 g/mol. The number of ether oxygens (including phenoxy) is 1. The zero-order valence-corrected chi connectivity index (χ0v) is 18.5. The number of hydrogen-bond donors (Lipinski definition) is 1. The second-order valence-corrected chi connectivity index (χ2v) is 8.34. The molecule has 3 heterocycles. The summed E-state index contributed by atoms with van der Waals surface area (Å²) in [5.74, 6) is 1.45. The Balaban J connectivity index is 1.34. The number of H-pyrrole nitrogens is 1. The quantitative estimate of drug-likeness (QED) is 0.639. The molecule has 4 rings (SSSR count). The van der Waals surface area contributed by atoms with Crippen molar-refractivity contribution in [1.82, 2.24) is 19.4 Å². The van der Waals surface area contributed by atoms with E-state index >= 15 is 0 Å². The maximum absolute atomic E-state index is 12.7. The van der Waals surface area contributed by atoms with Crippen molar-refractivity contribution in [2.24, 2.45) is 5.92 Å². The van der Waals surface area contributed by atoms with Crippen molar-refractivity contribution in [2.75, 3.05) is 20.2 Å². The first-order valence-electron chi connectivity index (χ1n) is 11.0. The van der Waals surface area contributed by atoms with E-state index in [1.54, 1.807) is 29.9 Å². The van der Waals surface area contributed by atoms with Crippen LogP contribution in [0.4, 0.5) is 0 Å². The van der Waals surface area contributed by atoms with Gasteiger partial charge < -0.3 is 19.2 Å². The lowest BCUT2D eigenvalue weighted by Gasteiger charge is -2.32. The van der Waals surface area contributed by atoms with Gasteiger partial charge in [-0.1, -0.05) is 12.1 Å². The van der Waals surface area contributed by atoms with Gasteiger partial charge in [0.1, 0.15) is 17.1 Å². The fourth-order valence-corrected chi connectivity index (χ4v) is 4.29. The summed E-state index contributed by atoms with van der Waals surface area (Å²) >= 11 is 0. The van der Waals surface area contributed by atoms with Crippen molar-refractivity contribution < 1.29 is 9.53 Å². The summed E-state index contributed by atoms with van der Waals surface area (Å²) in [6.45, 7) is 3.87. The van der Waals surface area contributed by atoms with Crippen LogP contribution in [0.1, 0.15) is 30.7 Å². The van der Waals surface area contributed by atoms with Crippen LogP contribution < -0.4 is 15.9 Å². The number of carbonyl (C=O) groups is 1. The predicted molar refractivity (Wildman–Crippen MR) is 122 cm³/mol. The van der Waals surface area contributed by atoms with Crippen LogP contribution in [0.25, 0.3) is 10.9 Å².